The van der Waals surface area contributed by atoms with Gasteiger partial charge in [-0.05, 0) is 24.3 Å². The van der Waals surface area contributed by atoms with Gasteiger partial charge >= 0.3 is 6.01 Å². The van der Waals surface area contributed by atoms with Gasteiger partial charge in [0.2, 0.25) is 5.95 Å². The summed E-state index contributed by atoms with van der Waals surface area (Å²) in [5.74, 6) is 0.749. The minimum atomic E-state index is 0.280. The number of anilines is 2. The quantitative estimate of drug-likeness (QED) is 0.711. The maximum Gasteiger partial charge on any atom is 0.337 e. The molecule has 2 aromatic heterocycles. The fourth-order valence-corrected chi connectivity index (χ4v) is 1.63. The van der Waals surface area contributed by atoms with Crippen molar-refractivity contribution >= 4 is 11.9 Å². The van der Waals surface area contributed by atoms with Crippen molar-refractivity contribution in [1.82, 2.24) is 35.4 Å². The molecular weight excluding hydrogens is 260 g/mol. The van der Waals surface area contributed by atoms with Gasteiger partial charge in [-0.25, -0.2) is 0 Å². The Bertz CT molecular complexity index is 663. The number of tetrazole rings is 1. The Hall–Kier alpha value is -2.97. The zero-order chi connectivity index (χ0) is 13.8. The second kappa shape index (κ2) is 5.34. The average molecular weight is 272 g/mol. The summed E-state index contributed by atoms with van der Waals surface area (Å²) in [6, 6.07) is 9.85. The van der Waals surface area contributed by atoms with Gasteiger partial charge in [0.15, 0.2) is 0 Å². The first-order valence-electron chi connectivity index (χ1n) is 6.02. The lowest BCUT2D eigenvalue weighted by Gasteiger charge is -2.04. The Morgan fingerprint density at radius 3 is 2.85 bits per heavy atom. The van der Waals surface area contributed by atoms with Crippen LogP contribution in [0.25, 0.3) is 5.69 Å². The predicted molar refractivity (Wildman–Crippen MR) is 70.0 cm³/mol. The Morgan fingerprint density at radius 2 is 2.15 bits per heavy atom. The van der Waals surface area contributed by atoms with Crippen LogP contribution >= 0.6 is 0 Å². The standard InChI is InChI=1S/C11H12N8O/c1-2-20-11-13-10(12-9-14-17-18-15-9)19(16-11)8-6-4-3-5-7-8/h3-7H,2H2,1H3,(H2,12,13,14,15,16,17,18). The van der Waals surface area contributed by atoms with Crippen molar-refractivity contribution in [3.05, 3.63) is 30.3 Å². The average Bonchev–Trinajstić information content (AvgIpc) is 3.11. The molecule has 102 valence electrons. The molecule has 0 bridgehead atoms. The van der Waals surface area contributed by atoms with Crippen LogP contribution in [0.2, 0.25) is 0 Å². The lowest BCUT2D eigenvalue weighted by Crippen LogP contribution is -2.04. The van der Waals surface area contributed by atoms with E-state index in [0.717, 1.165) is 5.69 Å². The largest absolute Gasteiger partial charge is 0.463 e. The zero-order valence-electron chi connectivity index (χ0n) is 10.7. The van der Waals surface area contributed by atoms with Crippen molar-refractivity contribution in [2.24, 2.45) is 0 Å². The van der Waals surface area contributed by atoms with Crippen LogP contribution < -0.4 is 10.1 Å². The first-order chi connectivity index (χ1) is 9.86. The van der Waals surface area contributed by atoms with Gasteiger partial charge in [0.1, 0.15) is 0 Å². The van der Waals surface area contributed by atoms with Crippen molar-refractivity contribution in [2.45, 2.75) is 6.92 Å². The minimum absolute atomic E-state index is 0.280. The molecule has 9 heteroatoms. The summed E-state index contributed by atoms with van der Waals surface area (Å²) in [5, 5.41) is 20.7. The van der Waals surface area contributed by atoms with Gasteiger partial charge in [0, 0.05) is 0 Å². The summed E-state index contributed by atoms with van der Waals surface area (Å²) in [7, 11) is 0. The van der Waals surface area contributed by atoms with E-state index in [1.807, 2.05) is 37.3 Å². The Labute approximate surface area is 114 Å². The normalized spacial score (nSPS) is 10.4. The first kappa shape index (κ1) is 12.1. The fourth-order valence-electron chi connectivity index (χ4n) is 1.63. The molecule has 3 aromatic rings. The van der Waals surface area contributed by atoms with Gasteiger partial charge < -0.3 is 4.74 Å². The van der Waals surface area contributed by atoms with Crippen LogP contribution in [0.15, 0.2) is 30.3 Å². The van der Waals surface area contributed by atoms with Crippen LogP contribution in [-0.2, 0) is 0 Å². The van der Waals surface area contributed by atoms with Gasteiger partial charge in [-0.2, -0.15) is 14.9 Å². The monoisotopic (exact) mass is 272 g/mol. The second-order valence-corrected chi connectivity index (χ2v) is 3.76. The number of hydrogen-bond acceptors (Lipinski definition) is 7. The number of aromatic amines is 1. The summed E-state index contributed by atoms with van der Waals surface area (Å²) < 4.78 is 6.93. The lowest BCUT2D eigenvalue weighted by atomic mass is 10.3. The van der Waals surface area contributed by atoms with Gasteiger partial charge in [0.05, 0.1) is 12.3 Å². The molecule has 3 rings (SSSR count). The number of para-hydroxylation sites is 1. The van der Waals surface area contributed by atoms with E-state index in [0.29, 0.717) is 18.5 Å². The van der Waals surface area contributed by atoms with Crippen LogP contribution in [0.4, 0.5) is 11.9 Å². The van der Waals surface area contributed by atoms with Crippen molar-refractivity contribution in [3.8, 4) is 11.7 Å². The number of nitrogens with one attached hydrogen (secondary N) is 2. The highest BCUT2D eigenvalue weighted by atomic mass is 16.5. The van der Waals surface area contributed by atoms with E-state index in [4.69, 9.17) is 4.74 Å². The molecule has 20 heavy (non-hydrogen) atoms. The number of benzene rings is 1. The zero-order valence-corrected chi connectivity index (χ0v) is 10.7. The summed E-state index contributed by atoms with van der Waals surface area (Å²) in [5.41, 5.74) is 0.844. The van der Waals surface area contributed by atoms with Gasteiger partial charge in [0.25, 0.3) is 5.95 Å². The van der Waals surface area contributed by atoms with E-state index >= 15 is 0 Å². The molecule has 0 unspecified atom stereocenters. The van der Waals surface area contributed by atoms with Crippen molar-refractivity contribution in [1.29, 1.82) is 0 Å². The van der Waals surface area contributed by atoms with E-state index in [2.05, 4.69) is 36.0 Å². The lowest BCUT2D eigenvalue weighted by molar-refractivity contribution is 0.312. The third kappa shape index (κ3) is 2.41. The molecule has 0 aliphatic carbocycles. The molecule has 0 saturated carbocycles. The molecule has 0 radical (unpaired) electrons. The number of rotatable bonds is 5. The van der Waals surface area contributed by atoms with E-state index in [1.54, 1.807) is 4.68 Å². The van der Waals surface area contributed by atoms with Crippen LogP contribution in [-0.4, -0.2) is 42.0 Å². The van der Waals surface area contributed by atoms with E-state index in [1.165, 1.54) is 0 Å². The third-order valence-electron chi connectivity index (χ3n) is 2.43. The Balaban J connectivity index is 1.98. The molecule has 9 nitrogen and oxygen atoms in total. The minimum Gasteiger partial charge on any atom is -0.463 e. The maximum absolute atomic E-state index is 5.32. The van der Waals surface area contributed by atoms with Crippen LogP contribution in [0.3, 0.4) is 0 Å². The SMILES string of the molecule is CCOc1nc(Nc2nn[nH]n2)n(-c2ccccc2)n1. The number of ether oxygens (including phenoxy) is 1. The highest BCUT2D eigenvalue weighted by Gasteiger charge is 2.13. The molecule has 2 N–H and O–H groups in total. The van der Waals surface area contributed by atoms with Crippen LogP contribution in [0.5, 0.6) is 6.01 Å². The predicted octanol–water partition coefficient (Wildman–Crippen LogP) is 0.923. The molecule has 1 aromatic carbocycles. The topological polar surface area (TPSA) is 106 Å². The Kier molecular flexibility index (Phi) is 3.23. The molecular formula is C11H12N8O. The molecule has 0 saturated heterocycles. The summed E-state index contributed by atoms with van der Waals surface area (Å²) in [6.45, 7) is 2.36. The van der Waals surface area contributed by atoms with Gasteiger partial charge in [-0.3, -0.25) is 5.32 Å². The van der Waals surface area contributed by atoms with Gasteiger partial charge in [-0.1, -0.05) is 23.3 Å². The van der Waals surface area contributed by atoms with Crippen molar-refractivity contribution in [3.63, 3.8) is 0 Å². The van der Waals surface area contributed by atoms with E-state index < -0.39 is 0 Å². The molecule has 0 amide bonds. The van der Waals surface area contributed by atoms with Crippen LogP contribution in [0.1, 0.15) is 6.92 Å². The molecule has 0 atom stereocenters. The highest BCUT2D eigenvalue weighted by molar-refractivity contribution is 5.47. The maximum atomic E-state index is 5.32. The number of hydrogen-bond donors (Lipinski definition) is 2. The number of H-pyrrole nitrogens is 1. The second-order valence-electron chi connectivity index (χ2n) is 3.76. The highest BCUT2D eigenvalue weighted by Crippen LogP contribution is 2.19. The van der Waals surface area contributed by atoms with Crippen LogP contribution in [0, 0.1) is 0 Å². The van der Waals surface area contributed by atoms with E-state index in [9.17, 15) is 0 Å². The number of nitrogens with zero attached hydrogens (tertiary/aromatic N) is 6. The number of aromatic nitrogens is 7. The van der Waals surface area contributed by atoms with Crippen molar-refractivity contribution < 1.29 is 4.74 Å². The first-order valence-corrected chi connectivity index (χ1v) is 6.02. The molecule has 0 fully saturated rings. The van der Waals surface area contributed by atoms with Crippen molar-refractivity contribution in [2.75, 3.05) is 11.9 Å². The summed E-state index contributed by atoms with van der Waals surface area (Å²) in [6.07, 6.45) is 0. The molecule has 0 aliphatic rings. The smallest absolute Gasteiger partial charge is 0.337 e. The third-order valence-corrected chi connectivity index (χ3v) is 2.43. The summed E-state index contributed by atoms with van der Waals surface area (Å²) >= 11 is 0. The van der Waals surface area contributed by atoms with E-state index in [-0.39, 0.29) is 6.01 Å². The van der Waals surface area contributed by atoms with Gasteiger partial charge in [-0.15, -0.1) is 10.2 Å². The fraction of sp³-hybridized carbons (Fsp3) is 0.182. The Morgan fingerprint density at radius 1 is 1.30 bits per heavy atom. The molecule has 2 heterocycles. The molecule has 0 aliphatic heterocycles. The molecule has 0 spiro atoms. The summed E-state index contributed by atoms with van der Waals surface area (Å²) in [4.78, 5) is 4.25.